The van der Waals surface area contributed by atoms with E-state index in [0.29, 0.717) is 68.2 Å². The van der Waals surface area contributed by atoms with E-state index in [0.717, 1.165) is 32.1 Å². The zero-order chi connectivity index (χ0) is 42.6. The fourth-order valence-corrected chi connectivity index (χ4v) is 9.99. The normalized spacial score (nSPS) is 24.8. The summed E-state index contributed by atoms with van der Waals surface area (Å²) in [6.45, 7) is 12.0. The molecule has 4 saturated carbocycles. The summed E-state index contributed by atoms with van der Waals surface area (Å²) in [5.41, 5.74) is 13.4. The van der Waals surface area contributed by atoms with Crippen molar-refractivity contribution in [2.75, 3.05) is 53.6 Å². The number of aliphatic hydroxyl groups is 2. The standard InChI is InChI=1S/C45H77N5O8/c1-28(2)34(24-48-43(54)36-12-8-9-13-41(36)58-15-11-10-14-56-6)19-38(47)40(52)27-50(44(55)45-21-31-16-32(22-45)18-33(17-31)23-45)26-35(29(3)4)20-37(46)39(51)25-49-42(53)30(5)57-7/h8-9,12-13,28-35,37-40,51-52H,10-11,14-27,46-47H2,1-7H3,(H,48,54)(H,49,53)/t30?,31?,32?,33?,34-,35-,37+,38+,39+,40+,45?/m1/s1. The smallest absolute Gasteiger partial charge is 0.255 e. The summed E-state index contributed by atoms with van der Waals surface area (Å²) < 4.78 is 16.2. The molecule has 0 spiro atoms. The number of carbonyl (C=O) groups excluding carboxylic acids is 3. The van der Waals surface area contributed by atoms with Crippen LogP contribution in [0.1, 0.15) is 109 Å². The first-order chi connectivity index (χ1) is 27.6. The minimum Gasteiger partial charge on any atom is -0.493 e. The average Bonchev–Trinajstić information content (AvgIpc) is 3.19. The van der Waals surface area contributed by atoms with Gasteiger partial charge in [-0.2, -0.15) is 0 Å². The van der Waals surface area contributed by atoms with E-state index < -0.39 is 35.8 Å². The molecule has 4 aliphatic carbocycles. The van der Waals surface area contributed by atoms with Gasteiger partial charge in [0, 0.05) is 59.1 Å². The quantitative estimate of drug-likeness (QED) is 0.0740. The third kappa shape index (κ3) is 13.3. The predicted molar refractivity (Wildman–Crippen MR) is 226 cm³/mol. The van der Waals surface area contributed by atoms with Gasteiger partial charge in [0.15, 0.2) is 0 Å². The molecule has 4 bridgehead atoms. The van der Waals surface area contributed by atoms with E-state index in [1.54, 1.807) is 26.2 Å². The lowest BCUT2D eigenvalue weighted by atomic mass is 9.49. The molecule has 5 rings (SSSR count). The first-order valence-electron chi connectivity index (χ1n) is 22.0. The maximum atomic E-state index is 15.0. The first-order valence-corrected chi connectivity index (χ1v) is 22.0. The van der Waals surface area contributed by atoms with Crippen molar-refractivity contribution in [2.24, 2.45) is 58.3 Å². The molecule has 8 N–H and O–H groups in total. The van der Waals surface area contributed by atoms with E-state index in [1.165, 1.54) is 26.4 Å². The summed E-state index contributed by atoms with van der Waals surface area (Å²) in [4.78, 5) is 42.5. The molecule has 4 aliphatic rings. The topological polar surface area (TPSA) is 199 Å². The van der Waals surface area contributed by atoms with Crippen LogP contribution >= 0.6 is 0 Å². The van der Waals surface area contributed by atoms with Crippen LogP contribution in [0.5, 0.6) is 5.75 Å². The summed E-state index contributed by atoms with van der Waals surface area (Å²) in [6, 6.07) is 5.95. The largest absolute Gasteiger partial charge is 0.493 e. The monoisotopic (exact) mass is 816 g/mol. The zero-order valence-corrected chi connectivity index (χ0v) is 36.5. The van der Waals surface area contributed by atoms with Crippen molar-refractivity contribution in [2.45, 2.75) is 129 Å². The third-order valence-electron chi connectivity index (χ3n) is 13.5. The van der Waals surface area contributed by atoms with Gasteiger partial charge >= 0.3 is 0 Å². The Kier molecular flexibility index (Phi) is 18.7. The number of amides is 3. The predicted octanol–water partition coefficient (Wildman–Crippen LogP) is 4.12. The molecule has 7 atom stereocenters. The van der Waals surface area contributed by atoms with Gasteiger partial charge in [0.2, 0.25) is 11.8 Å². The number of nitrogens with one attached hydrogen (secondary N) is 2. The second-order valence-electron chi connectivity index (χ2n) is 18.7. The molecule has 0 heterocycles. The second kappa shape index (κ2) is 22.7. The van der Waals surface area contributed by atoms with E-state index in [1.807, 2.05) is 17.0 Å². The van der Waals surface area contributed by atoms with Crippen LogP contribution in [0.25, 0.3) is 0 Å². The summed E-state index contributed by atoms with van der Waals surface area (Å²) in [5.74, 6) is 2.01. The van der Waals surface area contributed by atoms with Crippen LogP contribution < -0.4 is 26.8 Å². The highest BCUT2D eigenvalue weighted by atomic mass is 16.5. The van der Waals surface area contributed by atoms with E-state index in [2.05, 4.69) is 38.3 Å². The van der Waals surface area contributed by atoms with Gasteiger partial charge in [0.1, 0.15) is 11.9 Å². The number of aliphatic hydroxyl groups excluding tert-OH is 2. The molecule has 1 aromatic carbocycles. The number of nitrogens with zero attached hydrogens (tertiary/aromatic N) is 1. The lowest BCUT2D eigenvalue weighted by Gasteiger charge is -2.57. The van der Waals surface area contributed by atoms with Crippen LogP contribution in [-0.2, 0) is 19.1 Å². The van der Waals surface area contributed by atoms with Crippen molar-refractivity contribution >= 4 is 17.7 Å². The molecule has 0 aromatic heterocycles. The molecule has 13 heteroatoms. The summed E-state index contributed by atoms with van der Waals surface area (Å²) in [6.07, 6.45) is 6.27. The number of carbonyl (C=O) groups is 3. The van der Waals surface area contributed by atoms with Crippen LogP contribution in [0.4, 0.5) is 0 Å². The molecule has 1 unspecified atom stereocenters. The van der Waals surface area contributed by atoms with Gasteiger partial charge in [0.05, 0.1) is 29.8 Å². The van der Waals surface area contributed by atoms with Gasteiger partial charge < -0.3 is 51.4 Å². The fraction of sp³-hybridized carbons (Fsp3) is 0.800. The summed E-state index contributed by atoms with van der Waals surface area (Å²) in [7, 11) is 3.12. The van der Waals surface area contributed by atoms with Gasteiger partial charge in [-0.3, -0.25) is 14.4 Å². The van der Waals surface area contributed by atoms with Crippen molar-refractivity contribution in [1.29, 1.82) is 0 Å². The van der Waals surface area contributed by atoms with Gasteiger partial charge in [-0.1, -0.05) is 39.8 Å². The van der Waals surface area contributed by atoms with Gasteiger partial charge in [-0.15, -0.1) is 0 Å². The molecule has 58 heavy (non-hydrogen) atoms. The number of ether oxygens (including phenoxy) is 3. The van der Waals surface area contributed by atoms with Crippen LogP contribution in [0.15, 0.2) is 24.3 Å². The highest BCUT2D eigenvalue weighted by molar-refractivity contribution is 5.96. The Morgan fingerprint density at radius 1 is 0.793 bits per heavy atom. The lowest BCUT2D eigenvalue weighted by Crippen LogP contribution is -2.58. The molecule has 4 fully saturated rings. The number of rotatable bonds is 26. The third-order valence-corrected chi connectivity index (χ3v) is 13.5. The zero-order valence-electron chi connectivity index (χ0n) is 36.5. The molecule has 0 saturated heterocycles. The minimum absolute atomic E-state index is 0.00488. The lowest BCUT2D eigenvalue weighted by molar-refractivity contribution is -0.160. The number of benzene rings is 1. The maximum absolute atomic E-state index is 15.0. The Hall–Kier alpha value is -2.81. The number of hydrogen-bond donors (Lipinski definition) is 6. The average molecular weight is 816 g/mol. The molecule has 3 amide bonds. The van der Waals surface area contributed by atoms with Gasteiger partial charge in [0.25, 0.3) is 5.91 Å². The summed E-state index contributed by atoms with van der Waals surface area (Å²) >= 11 is 0. The Bertz CT molecular complexity index is 1410. The number of para-hydroxylation sites is 1. The van der Waals surface area contributed by atoms with Crippen molar-refractivity contribution < 1.29 is 38.8 Å². The Morgan fingerprint density at radius 2 is 1.36 bits per heavy atom. The summed E-state index contributed by atoms with van der Waals surface area (Å²) in [5, 5.41) is 28.6. The van der Waals surface area contributed by atoms with Crippen molar-refractivity contribution in [3.63, 3.8) is 0 Å². The number of unbranched alkanes of at least 4 members (excludes halogenated alkanes) is 1. The number of nitrogens with two attached hydrogens (primary N) is 2. The van der Waals surface area contributed by atoms with Crippen molar-refractivity contribution in [3.8, 4) is 5.75 Å². The molecule has 330 valence electrons. The Morgan fingerprint density at radius 3 is 1.95 bits per heavy atom. The number of methoxy groups -OCH3 is 2. The Labute approximate surface area is 348 Å². The van der Waals surface area contributed by atoms with Gasteiger partial charge in [-0.25, -0.2) is 0 Å². The van der Waals surface area contributed by atoms with Crippen molar-refractivity contribution in [1.82, 2.24) is 15.5 Å². The highest BCUT2D eigenvalue weighted by Gasteiger charge is 2.56. The van der Waals surface area contributed by atoms with E-state index in [4.69, 9.17) is 25.7 Å². The second-order valence-corrected chi connectivity index (χ2v) is 18.7. The van der Waals surface area contributed by atoms with E-state index >= 15 is 0 Å². The number of hydrogen-bond acceptors (Lipinski definition) is 10. The van der Waals surface area contributed by atoms with E-state index in [9.17, 15) is 24.6 Å². The van der Waals surface area contributed by atoms with E-state index in [-0.39, 0.29) is 54.5 Å². The SMILES string of the molecule is COCCCCOc1ccccc1C(=O)NC[C@@H](C[C@H](N)[C@@H](O)CN(C[C@@H](C[C@H](N)[C@@H](O)CNC(=O)C(C)OC)C(C)C)C(=O)C12CC3CC(CC(C3)C1)C2)C(C)C. The van der Waals surface area contributed by atoms with Crippen LogP contribution in [-0.4, -0.2) is 117 Å². The van der Waals surface area contributed by atoms with Crippen LogP contribution in [0.2, 0.25) is 0 Å². The molecule has 0 aliphatic heterocycles. The molecular weight excluding hydrogens is 739 g/mol. The molecular formula is C45H77N5O8. The van der Waals surface area contributed by atoms with Crippen LogP contribution in [0.3, 0.4) is 0 Å². The fourth-order valence-electron chi connectivity index (χ4n) is 9.99. The van der Waals surface area contributed by atoms with Crippen molar-refractivity contribution in [3.05, 3.63) is 29.8 Å². The van der Waals surface area contributed by atoms with Gasteiger partial charge in [-0.05, 0) is 125 Å². The molecule has 13 nitrogen and oxygen atoms in total. The highest BCUT2D eigenvalue weighted by Crippen LogP contribution is 2.60. The molecule has 1 aromatic rings. The minimum atomic E-state index is -0.993. The Balaban J connectivity index is 1.44. The first kappa shape index (κ1) is 47.9. The maximum Gasteiger partial charge on any atom is 0.255 e. The molecule has 0 radical (unpaired) electrons. The van der Waals surface area contributed by atoms with Crippen LogP contribution in [0, 0.1) is 46.8 Å².